The van der Waals surface area contributed by atoms with E-state index >= 15 is 0 Å². The van der Waals surface area contributed by atoms with E-state index in [1.807, 2.05) is 0 Å². The highest BCUT2D eigenvalue weighted by Gasteiger charge is 2.34. The van der Waals surface area contributed by atoms with Crippen molar-refractivity contribution in [1.29, 1.82) is 0 Å². The van der Waals surface area contributed by atoms with Gasteiger partial charge < -0.3 is 0 Å². The van der Waals surface area contributed by atoms with Crippen LogP contribution in [-0.2, 0) is 0 Å². The zero-order chi connectivity index (χ0) is 13.9. The van der Waals surface area contributed by atoms with Crippen LogP contribution in [0.4, 0.5) is 13.2 Å². The third kappa shape index (κ3) is 4.35. The van der Waals surface area contributed by atoms with Crippen LogP contribution >= 0.6 is 0 Å². The Hall–Kier alpha value is -0.290. The fourth-order valence-electron chi connectivity index (χ4n) is 3.46. The van der Waals surface area contributed by atoms with Crippen LogP contribution < -0.4 is 0 Å². The number of fused-ring (bicyclic) bond motifs is 1. The van der Waals surface area contributed by atoms with Crippen LogP contribution in [-0.4, -0.2) is 54.2 Å². The van der Waals surface area contributed by atoms with E-state index in [4.69, 9.17) is 0 Å². The third-order valence-corrected chi connectivity index (χ3v) is 4.53. The second-order valence-electron chi connectivity index (χ2n) is 5.92. The average Bonchev–Trinajstić information content (AvgIpc) is 2.36. The minimum Gasteiger partial charge on any atom is -0.298 e. The van der Waals surface area contributed by atoms with Gasteiger partial charge in [0.1, 0.15) is 0 Å². The van der Waals surface area contributed by atoms with Crippen molar-refractivity contribution in [1.82, 2.24) is 9.80 Å². The minimum absolute atomic E-state index is 0.243. The number of piperazine rings is 1. The van der Waals surface area contributed by atoms with Crippen molar-refractivity contribution in [3.05, 3.63) is 0 Å². The molecule has 19 heavy (non-hydrogen) atoms. The molecule has 2 heterocycles. The summed E-state index contributed by atoms with van der Waals surface area (Å²) in [4.78, 5) is 4.86. The number of rotatable bonds is 4. The Balaban J connectivity index is 1.84. The summed E-state index contributed by atoms with van der Waals surface area (Å²) in [7, 11) is 0. The van der Waals surface area contributed by atoms with Gasteiger partial charge in [0, 0.05) is 31.6 Å². The van der Waals surface area contributed by atoms with Gasteiger partial charge >= 0.3 is 6.18 Å². The summed E-state index contributed by atoms with van der Waals surface area (Å²) in [5.74, 6) is 0. The van der Waals surface area contributed by atoms with Crippen molar-refractivity contribution in [3.8, 4) is 0 Å². The molecule has 5 heteroatoms. The number of hydrogen-bond donors (Lipinski definition) is 0. The standard InChI is InChI=1S/C14H25F3N2/c1-2-12-10-19-8-4-3-6-13(19)11-18(12)9-5-7-14(15,16)17/h12-13H,2-11H2,1H3. The first-order valence-corrected chi connectivity index (χ1v) is 7.54. The molecule has 2 aliphatic rings. The van der Waals surface area contributed by atoms with E-state index in [-0.39, 0.29) is 6.42 Å². The van der Waals surface area contributed by atoms with Crippen LogP contribution in [0.25, 0.3) is 0 Å². The van der Waals surface area contributed by atoms with E-state index in [9.17, 15) is 13.2 Å². The van der Waals surface area contributed by atoms with Crippen molar-refractivity contribution < 1.29 is 13.2 Å². The van der Waals surface area contributed by atoms with Crippen molar-refractivity contribution in [3.63, 3.8) is 0 Å². The highest BCUT2D eigenvalue weighted by Crippen LogP contribution is 2.27. The van der Waals surface area contributed by atoms with Gasteiger partial charge in [0.2, 0.25) is 0 Å². The largest absolute Gasteiger partial charge is 0.389 e. The zero-order valence-corrected chi connectivity index (χ0v) is 11.8. The van der Waals surface area contributed by atoms with Gasteiger partial charge in [-0.3, -0.25) is 9.80 Å². The van der Waals surface area contributed by atoms with Gasteiger partial charge in [0.25, 0.3) is 0 Å². The van der Waals surface area contributed by atoms with Gasteiger partial charge in [-0.25, -0.2) is 0 Å². The molecule has 2 aliphatic heterocycles. The monoisotopic (exact) mass is 278 g/mol. The molecule has 0 radical (unpaired) electrons. The molecular formula is C14H25F3N2. The first kappa shape index (κ1) is 15.1. The Labute approximate surface area is 113 Å². The lowest BCUT2D eigenvalue weighted by molar-refractivity contribution is -0.137. The van der Waals surface area contributed by atoms with Crippen LogP contribution in [0.3, 0.4) is 0 Å². The van der Waals surface area contributed by atoms with E-state index in [1.54, 1.807) is 0 Å². The molecule has 0 spiro atoms. The first-order valence-electron chi connectivity index (χ1n) is 7.54. The van der Waals surface area contributed by atoms with Crippen molar-refractivity contribution in [2.45, 2.75) is 63.7 Å². The highest BCUT2D eigenvalue weighted by atomic mass is 19.4. The summed E-state index contributed by atoms with van der Waals surface area (Å²) in [6.07, 6.45) is 0.395. The zero-order valence-electron chi connectivity index (χ0n) is 11.8. The molecule has 2 unspecified atom stereocenters. The summed E-state index contributed by atoms with van der Waals surface area (Å²) in [5, 5.41) is 0. The van der Waals surface area contributed by atoms with E-state index in [1.165, 1.54) is 25.8 Å². The molecule has 0 aliphatic carbocycles. The van der Waals surface area contributed by atoms with Crippen LogP contribution in [0, 0.1) is 0 Å². The van der Waals surface area contributed by atoms with Crippen molar-refractivity contribution in [2.75, 3.05) is 26.2 Å². The van der Waals surface area contributed by atoms with Gasteiger partial charge in [0.05, 0.1) is 0 Å². The molecule has 0 bridgehead atoms. The number of piperidine rings is 1. The van der Waals surface area contributed by atoms with Crippen LogP contribution in [0.2, 0.25) is 0 Å². The molecule has 2 atom stereocenters. The molecule has 0 aromatic rings. The molecule has 2 saturated heterocycles. The van der Waals surface area contributed by atoms with E-state index in [0.717, 1.165) is 19.5 Å². The Morgan fingerprint density at radius 3 is 2.63 bits per heavy atom. The molecule has 112 valence electrons. The van der Waals surface area contributed by atoms with E-state index in [2.05, 4.69) is 16.7 Å². The molecule has 0 aromatic heterocycles. The summed E-state index contributed by atoms with van der Waals surface area (Å²) < 4.78 is 36.7. The summed E-state index contributed by atoms with van der Waals surface area (Å²) >= 11 is 0. The molecular weight excluding hydrogens is 253 g/mol. The second kappa shape index (κ2) is 6.44. The molecule has 2 nitrogen and oxygen atoms in total. The van der Waals surface area contributed by atoms with Gasteiger partial charge in [-0.05, 0) is 38.8 Å². The fourth-order valence-corrected chi connectivity index (χ4v) is 3.46. The Bertz CT molecular complexity index is 280. The first-order chi connectivity index (χ1) is 8.99. The SMILES string of the molecule is CCC1CN2CCCCC2CN1CCCC(F)(F)F. The maximum absolute atomic E-state index is 12.2. The Kier molecular flexibility index (Phi) is 5.12. The lowest BCUT2D eigenvalue weighted by Gasteiger charge is -2.48. The number of alkyl halides is 3. The Morgan fingerprint density at radius 2 is 1.95 bits per heavy atom. The average molecular weight is 278 g/mol. The molecule has 0 amide bonds. The van der Waals surface area contributed by atoms with Crippen LogP contribution in [0.15, 0.2) is 0 Å². The normalized spacial score (nSPS) is 30.3. The quantitative estimate of drug-likeness (QED) is 0.778. The van der Waals surface area contributed by atoms with E-state index < -0.39 is 12.6 Å². The number of hydrogen-bond acceptors (Lipinski definition) is 2. The maximum atomic E-state index is 12.2. The van der Waals surface area contributed by atoms with Gasteiger partial charge in [0.15, 0.2) is 0 Å². The molecule has 2 fully saturated rings. The van der Waals surface area contributed by atoms with E-state index in [0.29, 0.717) is 18.6 Å². The van der Waals surface area contributed by atoms with Gasteiger partial charge in [-0.15, -0.1) is 0 Å². The van der Waals surface area contributed by atoms with Gasteiger partial charge in [-0.2, -0.15) is 13.2 Å². The smallest absolute Gasteiger partial charge is 0.298 e. The topological polar surface area (TPSA) is 6.48 Å². The number of nitrogens with zero attached hydrogens (tertiary/aromatic N) is 2. The fraction of sp³-hybridized carbons (Fsp3) is 1.00. The van der Waals surface area contributed by atoms with Crippen molar-refractivity contribution in [2.24, 2.45) is 0 Å². The predicted molar refractivity (Wildman–Crippen MR) is 70.2 cm³/mol. The summed E-state index contributed by atoms with van der Waals surface area (Å²) in [6.45, 7) is 5.94. The third-order valence-electron chi connectivity index (χ3n) is 4.53. The molecule has 0 saturated carbocycles. The van der Waals surface area contributed by atoms with Crippen LogP contribution in [0.1, 0.15) is 45.4 Å². The predicted octanol–water partition coefficient (Wildman–Crippen LogP) is 3.28. The second-order valence-corrected chi connectivity index (χ2v) is 5.92. The van der Waals surface area contributed by atoms with Gasteiger partial charge in [-0.1, -0.05) is 13.3 Å². The van der Waals surface area contributed by atoms with Crippen LogP contribution in [0.5, 0.6) is 0 Å². The highest BCUT2D eigenvalue weighted by molar-refractivity contribution is 4.90. The molecule has 2 rings (SSSR count). The number of halogens is 3. The lowest BCUT2D eigenvalue weighted by Crippen LogP contribution is -2.59. The summed E-state index contributed by atoms with van der Waals surface area (Å²) in [6, 6.07) is 1.03. The minimum atomic E-state index is -4.01. The lowest BCUT2D eigenvalue weighted by atomic mass is 9.95. The Morgan fingerprint density at radius 1 is 1.16 bits per heavy atom. The maximum Gasteiger partial charge on any atom is 0.389 e. The van der Waals surface area contributed by atoms with Crippen molar-refractivity contribution >= 4 is 0 Å². The molecule has 0 aromatic carbocycles. The molecule has 0 N–H and O–H groups in total. The summed E-state index contributed by atoms with van der Waals surface area (Å²) in [5.41, 5.74) is 0.